The molecule has 0 unspecified atom stereocenters. The number of hydrogen-bond donors (Lipinski definition) is 1. The van der Waals surface area contributed by atoms with Crippen LogP contribution in [-0.4, -0.2) is 9.78 Å². The average Bonchev–Trinajstić information content (AvgIpc) is 2.43. The first kappa shape index (κ1) is 10.3. The summed E-state index contributed by atoms with van der Waals surface area (Å²) in [6, 6.07) is 2.19. The van der Waals surface area contributed by atoms with Gasteiger partial charge >= 0.3 is 0 Å². The highest BCUT2D eigenvalue weighted by Gasteiger charge is 2.07. The molecule has 1 heterocycles. The molecule has 0 saturated carbocycles. The number of aryl methyl sites for hydroxylation is 2. The van der Waals surface area contributed by atoms with Gasteiger partial charge in [0.05, 0.1) is 11.4 Å². The van der Waals surface area contributed by atoms with Crippen LogP contribution in [0.2, 0.25) is 0 Å². The van der Waals surface area contributed by atoms with Crippen LogP contribution in [0.25, 0.3) is 0 Å². The molecule has 1 aromatic heterocycles. The molecule has 0 aromatic carbocycles. The molecule has 0 bridgehead atoms. The fourth-order valence-corrected chi connectivity index (χ4v) is 1.45. The lowest BCUT2D eigenvalue weighted by atomic mass is 10.2. The summed E-state index contributed by atoms with van der Waals surface area (Å²) in [6.07, 6.45) is 3.48. The summed E-state index contributed by atoms with van der Waals surface area (Å²) in [5, 5.41) is 4.41. The quantitative estimate of drug-likeness (QED) is 0.769. The first-order chi connectivity index (χ1) is 6.15. The summed E-state index contributed by atoms with van der Waals surface area (Å²) in [7, 11) is 1.95. The zero-order valence-corrected chi connectivity index (χ0v) is 8.75. The summed E-state index contributed by atoms with van der Waals surface area (Å²) in [5.41, 5.74) is 8.08. The Kier molecular flexibility index (Phi) is 3.48. The molecule has 3 nitrogen and oxygen atoms in total. The van der Waals surface area contributed by atoms with Crippen LogP contribution >= 0.6 is 0 Å². The number of unbranched alkanes of at least 4 members (excludes halogenated alkanes) is 1. The number of nitrogens with zero attached hydrogens (tertiary/aromatic N) is 2. The number of nitrogens with two attached hydrogens (primary N) is 1. The monoisotopic (exact) mass is 181 g/mol. The first-order valence-electron chi connectivity index (χ1n) is 4.93. The van der Waals surface area contributed by atoms with Gasteiger partial charge in [-0.2, -0.15) is 5.10 Å². The Hall–Kier alpha value is -0.830. The molecule has 2 N–H and O–H groups in total. The number of hydrogen-bond acceptors (Lipinski definition) is 2. The second kappa shape index (κ2) is 4.42. The number of aromatic nitrogens is 2. The van der Waals surface area contributed by atoms with Crippen LogP contribution in [0.5, 0.6) is 0 Å². The molecule has 0 radical (unpaired) electrons. The molecule has 13 heavy (non-hydrogen) atoms. The van der Waals surface area contributed by atoms with Crippen molar-refractivity contribution in [1.29, 1.82) is 0 Å². The van der Waals surface area contributed by atoms with E-state index in [1.54, 1.807) is 0 Å². The zero-order valence-electron chi connectivity index (χ0n) is 8.75. The van der Waals surface area contributed by atoms with Crippen LogP contribution < -0.4 is 5.73 Å². The van der Waals surface area contributed by atoms with Crippen molar-refractivity contribution in [3.05, 3.63) is 17.5 Å². The van der Waals surface area contributed by atoms with E-state index in [1.165, 1.54) is 12.8 Å². The largest absolute Gasteiger partial charge is 0.323 e. The Labute approximate surface area is 79.9 Å². The minimum absolute atomic E-state index is 0.0767. The van der Waals surface area contributed by atoms with E-state index in [9.17, 15) is 0 Å². The van der Waals surface area contributed by atoms with E-state index >= 15 is 0 Å². The van der Waals surface area contributed by atoms with Crippen molar-refractivity contribution in [2.45, 2.75) is 39.2 Å². The van der Waals surface area contributed by atoms with Gasteiger partial charge in [-0.05, 0) is 25.8 Å². The van der Waals surface area contributed by atoms with Crippen LogP contribution in [0.4, 0.5) is 0 Å². The molecule has 1 aromatic rings. The van der Waals surface area contributed by atoms with Gasteiger partial charge in [0.1, 0.15) is 0 Å². The predicted molar refractivity (Wildman–Crippen MR) is 54.4 cm³/mol. The normalized spacial score (nSPS) is 13.2. The minimum Gasteiger partial charge on any atom is -0.323 e. The third kappa shape index (κ3) is 2.56. The molecule has 74 valence electrons. The molecule has 0 aliphatic carbocycles. The maximum Gasteiger partial charge on any atom is 0.0628 e. The van der Waals surface area contributed by atoms with Crippen molar-refractivity contribution in [2.75, 3.05) is 0 Å². The van der Waals surface area contributed by atoms with Crippen LogP contribution in [0.15, 0.2) is 6.07 Å². The molecule has 0 saturated heterocycles. The first-order valence-corrected chi connectivity index (χ1v) is 4.93. The van der Waals surface area contributed by atoms with Gasteiger partial charge in [0.2, 0.25) is 0 Å². The second-order valence-corrected chi connectivity index (χ2v) is 3.58. The highest BCUT2D eigenvalue weighted by molar-refractivity contribution is 5.13. The van der Waals surface area contributed by atoms with Gasteiger partial charge in [0.25, 0.3) is 0 Å². The van der Waals surface area contributed by atoms with E-state index in [1.807, 2.05) is 18.7 Å². The Balaban J connectivity index is 2.71. The van der Waals surface area contributed by atoms with Crippen LogP contribution in [0.1, 0.15) is 44.1 Å². The topological polar surface area (TPSA) is 43.8 Å². The molecule has 0 aliphatic rings. The number of rotatable bonds is 4. The Morgan fingerprint density at radius 2 is 2.31 bits per heavy atom. The fourth-order valence-electron chi connectivity index (χ4n) is 1.45. The van der Waals surface area contributed by atoms with Crippen LogP contribution in [0, 0.1) is 0 Å². The molecule has 0 amide bonds. The third-order valence-electron chi connectivity index (χ3n) is 2.22. The summed E-state index contributed by atoms with van der Waals surface area (Å²) < 4.78 is 1.88. The van der Waals surface area contributed by atoms with Gasteiger partial charge in [-0.15, -0.1) is 0 Å². The smallest absolute Gasteiger partial charge is 0.0628 e. The molecule has 3 heteroatoms. The van der Waals surface area contributed by atoms with Crippen molar-refractivity contribution < 1.29 is 0 Å². The Morgan fingerprint density at radius 3 is 2.77 bits per heavy atom. The lowest BCUT2D eigenvalue weighted by molar-refractivity contribution is 0.644. The van der Waals surface area contributed by atoms with E-state index in [2.05, 4.69) is 18.1 Å². The van der Waals surface area contributed by atoms with Gasteiger partial charge < -0.3 is 5.73 Å². The van der Waals surface area contributed by atoms with Crippen LogP contribution in [-0.2, 0) is 13.5 Å². The highest BCUT2D eigenvalue weighted by Crippen LogP contribution is 2.12. The molecule has 0 spiro atoms. The lowest BCUT2D eigenvalue weighted by Crippen LogP contribution is -2.10. The average molecular weight is 181 g/mol. The molecule has 1 rings (SSSR count). The van der Waals surface area contributed by atoms with Gasteiger partial charge in [0.15, 0.2) is 0 Å². The highest BCUT2D eigenvalue weighted by atomic mass is 15.3. The second-order valence-electron chi connectivity index (χ2n) is 3.58. The summed E-state index contributed by atoms with van der Waals surface area (Å²) in [5.74, 6) is 0. The van der Waals surface area contributed by atoms with Crippen molar-refractivity contribution in [3.8, 4) is 0 Å². The SMILES string of the molecule is CCCCc1cc([C@@H](C)N)n(C)n1. The molecular weight excluding hydrogens is 162 g/mol. The van der Waals surface area contributed by atoms with Gasteiger partial charge in [0, 0.05) is 13.1 Å². The third-order valence-corrected chi connectivity index (χ3v) is 2.22. The lowest BCUT2D eigenvalue weighted by Gasteiger charge is -2.03. The molecule has 0 aliphatic heterocycles. The Bertz CT molecular complexity index is 263. The summed E-state index contributed by atoms with van der Waals surface area (Å²) in [6.45, 7) is 4.18. The van der Waals surface area contributed by atoms with Crippen molar-refractivity contribution in [3.63, 3.8) is 0 Å². The van der Waals surface area contributed by atoms with Crippen molar-refractivity contribution in [1.82, 2.24) is 9.78 Å². The summed E-state index contributed by atoms with van der Waals surface area (Å²) in [4.78, 5) is 0. The fraction of sp³-hybridized carbons (Fsp3) is 0.700. The van der Waals surface area contributed by atoms with E-state index in [0.717, 1.165) is 17.8 Å². The maximum absolute atomic E-state index is 5.80. The van der Waals surface area contributed by atoms with E-state index < -0.39 is 0 Å². The molecule has 0 fully saturated rings. The van der Waals surface area contributed by atoms with Crippen LogP contribution in [0.3, 0.4) is 0 Å². The summed E-state index contributed by atoms with van der Waals surface area (Å²) >= 11 is 0. The predicted octanol–water partition coefficient (Wildman–Crippen LogP) is 1.78. The van der Waals surface area contributed by atoms with Gasteiger partial charge in [-0.25, -0.2) is 0 Å². The van der Waals surface area contributed by atoms with E-state index in [4.69, 9.17) is 5.73 Å². The van der Waals surface area contributed by atoms with Crippen molar-refractivity contribution in [2.24, 2.45) is 12.8 Å². The van der Waals surface area contributed by atoms with Crippen molar-refractivity contribution >= 4 is 0 Å². The Morgan fingerprint density at radius 1 is 1.62 bits per heavy atom. The standard InChI is InChI=1S/C10H19N3/c1-4-5-6-9-7-10(8(2)11)13(3)12-9/h7-8H,4-6,11H2,1-3H3/t8-/m1/s1. The van der Waals surface area contributed by atoms with E-state index in [0.29, 0.717) is 0 Å². The zero-order chi connectivity index (χ0) is 9.84. The molecule has 1 atom stereocenters. The maximum atomic E-state index is 5.80. The van der Waals surface area contributed by atoms with Gasteiger partial charge in [-0.1, -0.05) is 13.3 Å². The minimum atomic E-state index is 0.0767. The van der Waals surface area contributed by atoms with Gasteiger partial charge in [-0.3, -0.25) is 4.68 Å². The van der Waals surface area contributed by atoms with E-state index in [-0.39, 0.29) is 6.04 Å². The molecular formula is C10H19N3.